The van der Waals surface area contributed by atoms with Crippen molar-refractivity contribution in [3.8, 4) is 6.07 Å². The summed E-state index contributed by atoms with van der Waals surface area (Å²) in [5.41, 5.74) is 1.72. The number of aromatic amines is 1. The molecule has 0 saturated carbocycles. The van der Waals surface area contributed by atoms with Gasteiger partial charge in [-0.1, -0.05) is 24.3 Å². The molecule has 7 heteroatoms. The molecular formula is C17H12N4O3. The van der Waals surface area contributed by atoms with Gasteiger partial charge < -0.3 is 10.1 Å². The van der Waals surface area contributed by atoms with Crippen LogP contribution in [0.3, 0.4) is 0 Å². The van der Waals surface area contributed by atoms with Crippen LogP contribution < -0.4 is 5.32 Å². The van der Waals surface area contributed by atoms with Gasteiger partial charge >= 0.3 is 5.97 Å². The van der Waals surface area contributed by atoms with Crippen LogP contribution in [0.4, 0.5) is 5.69 Å². The van der Waals surface area contributed by atoms with Gasteiger partial charge in [0.1, 0.15) is 0 Å². The molecule has 1 heterocycles. The lowest BCUT2D eigenvalue weighted by Crippen LogP contribution is -2.21. The summed E-state index contributed by atoms with van der Waals surface area (Å²) >= 11 is 0. The Morgan fingerprint density at radius 1 is 1.21 bits per heavy atom. The SMILES string of the molecule is N#Cc1cccc(NC(=O)COC(=O)c2n[nH]c3ccccc23)c1. The van der Waals surface area contributed by atoms with Crippen LogP contribution in [0.15, 0.2) is 48.5 Å². The van der Waals surface area contributed by atoms with E-state index in [4.69, 9.17) is 10.00 Å². The first-order valence-electron chi connectivity index (χ1n) is 7.07. The number of hydrogen-bond acceptors (Lipinski definition) is 5. The van der Waals surface area contributed by atoms with E-state index >= 15 is 0 Å². The number of nitrogens with one attached hydrogen (secondary N) is 2. The van der Waals surface area contributed by atoms with Gasteiger partial charge in [0, 0.05) is 11.1 Å². The molecular weight excluding hydrogens is 308 g/mol. The van der Waals surface area contributed by atoms with Crippen LogP contribution in [0.25, 0.3) is 10.9 Å². The highest BCUT2D eigenvalue weighted by atomic mass is 16.5. The summed E-state index contributed by atoms with van der Waals surface area (Å²) in [6, 6.07) is 15.5. The molecule has 1 amide bonds. The number of carbonyl (C=O) groups is 2. The number of esters is 1. The minimum Gasteiger partial charge on any atom is -0.451 e. The van der Waals surface area contributed by atoms with Crippen molar-refractivity contribution in [2.24, 2.45) is 0 Å². The predicted molar refractivity (Wildman–Crippen MR) is 86.2 cm³/mol. The smallest absolute Gasteiger partial charge is 0.359 e. The van der Waals surface area contributed by atoms with E-state index in [1.165, 1.54) is 6.07 Å². The Labute approximate surface area is 136 Å². The van der Waals surface area contributed by atoms with Crippen LogP contribution in [-0.4, -0.2) is 28.7 Å². The number of fused-ring (bicyclic) bond motifs is 1. The lowest BCUT2D eigenvalue weighted by Gasteiger charge is -2.06. The van der Waals surface area contributed by atoms with Gasteiger partial charge in [0.15, 0.2) is 12.3 Å². The van der Waals surface area contributed by atoms with Crippen molar-refractivity contribution in [2.75, 3.05) is 11.9 Å². The number of aromatic nitrogens is 2. The molecule has 0 bridgehead atoms. The Morgan fingerprint density at radius 2 is 2.04 bits per heavy atom. The second-order valence-corrected chi connectivity index (χ2v) is 4.93. The maximum atomic E-state index is 12.0. The van der Waals surface area contributed by atoms with Crippen molar-refractivity contribution in [1.29, 1.82) is 5.26 Å². The number of rotatable bonds is 4. The number of H-pyrrole nitrogens is 1. The Bertz CT molecular complexity index is 956. The van der Waals surface area contributed by atoms with Crippen LogP contribution in [0.1, 0.15) is 16.1 Å². The summed E-state index contributed by atoms with van der Waals surface area (Å²) < 4.78 is 4.99. The number of para-hydroxylation sites is 1. The van der Waals surface area contributed by atoms with Crippen LogP contribution >= 0.6 is 0 Å². The van der Waals surface area contributed by atoms with E-state index in [1.807, 2.05) is 12.1 Å². The summed E-state index contributed by atoms with van der Waals surface area (Å²) in [6.45, 7) is -0.448. The molecule has 0 saturated heterocycles. The molecule has 0 fully saturated rings. The quantitative estimate of drug-likeness (QED) is 0.717. The summed E-state index contributed by atoms with van der Waals surface area (Å²) in [4.78, 5) is 23.9. The second kappa shape index (κ2) is 6.62. The van der Waals surface area contributed by atoms with Crippen LogP contribution in [0, 0.1) is 11.3 Å². The Kier molecular flexibility index (Phi) is 4.21. The fourth-order valence-electron chi connectivity index (χ4n) is 2.18. The molecule has 0 spiro atoms. The van der Waals surface area contributed by atoms with Gasteiger partial charge in [-0.2, -0.15) is 10.4 Å². The monoisotopic (exact) mass is 320 g/mol. The first-order valence-corrected chi connectivity index (χ1v) is 7.07. The van der Waals surface area contributed by atoms with Crippen molar-refractivity contribution >= 4 is 28.5 Å². The zero-order valence-corrected chi connectivity index (χ0v) is 12.4. The number of hydrogen-bond donors (Lipinski definition) is 2. The van der Waals surface area contributed by atoms with E-state index in [2.05, 4.69) is 15.5 Å². The summed E-state index contributed by atoms with van der Waals surface area (Å²) in [5.74, 6) is -1.19. The van der Waals surface area contributed by atoms with Crippen molar-refractivity contribution < 1.29 is 14.3 Å². The molecule has 118 valence electrons. The van der Waals surface area contributed by atoms with Crippen LogP contribution in [0.5, 0.6) is 0 Å². The number of benzene rings is 2. The predicted octanol–water partition coefficient (Wildman–Crippen LogP) is 2.23. The highest BCUT2D eigenvalue weighted by Crippen LogP contribution is 2.16. The van der Waals surface area contributed by atoms with E-state index in [9.17, 15) is 9.59 Å². The van der Waals surface area contributed by atoms with E-state index in [0.29, 0.717) is 22.2 Å². The maximum Gasteiger partial charge on any atom is 0.359 e. The molecule has 24 heavy (non-hydrogen) atoms. The average Bonchev–Trinajstić information content (AvgIpc) is 3.04. The summed E-state index contributed by atoms with van der Waals surface area (Å²) in [7, 11) is 0. The largest absolute Gasteiger partial charge is 0.451 e. The second-order valence-electron chi connectivity index (χ2n) is 4.93. The first-order chi connectivity index (χ1) is 11.7. The van der Waals surface area contributed by atoms with Gasteiger partial charge in [-0.25, -0.2) is 4.79 Å². The lowest BCUT2D eigenvalue weighted by atomic mass is 10.2. The molecule has 0 radical (unpaired) electrons. The number of carbonyl (C=O) groups excluding carboxylic acids is 2. The fourth-order valence-corrected chi connectivity index (χ4v) is 2.18. The van der Waals surface area contributed by atoms with Crippen molar-refractivity contribution in [2.45, 2.75) is 0 Å². The molecule has 0 aliphatic heterocycles. The lowest BCUT2D eigenvalue weighted by molar-refractivity contribution is -0.119. The zero-order valence-electron chi connectivity index (χ0n) is 12.4. The molecule has 2 N–H and O–H groups in total. The molecule has 3 aromatic rings. The highest BCUT2D eigenvalue weighted by Gasteiger charge is 2.16. The fraction of sp³-hybridized carbons (Fsp3) is 0.0588. The van der Waals surface area contributed by atoms with E-state index < -0.39 is 18.5 Å². The normalized spacial score (nSPS) is 10.1. The first kappa shape index (κ1) is 15.2. The molecule has 0 unspecified atom stereocenters. The number of nitrogens with zero attached hydrogens (tertiary/aromatic N) is 2. The third-order valence-electron chi connectivity index (χ3n) is 3.27. The summed E-state index contributed by atoms with van der Waals surface area (Å²) in [6.07, 6.45) is 0. The van der Waals surface area contributed by atoms with E-state index in [0.717, 1.165) is 0 Å². The van der Waals surface area contributed by atoms with Gasteiger partial charge in [0.2, 0.25) is 0 Å². The van der Waals surface area contributed by atoms with Crippen molar-refractivity contribution in [3.05, 3.63) is 59.8 Å². The molecule has 0 aliphatic carbocycles. The average molecular weight is 320 g/mol. The third-order valence-corrected chi connectivity index (χ3v) is 3.27. The molecule has 0 aliphatic rings. The van der Waals surface area contributed by atoms with Gasteiger partial charge in [0.25, 0.3) is 5.91 Å². The Balaban J connectivity index is 1.61. The maximum absolute atomic E-state index is 12.0. The number of anilines is 1. The molecule has 7 nitrogen and oxygen atoms in total. The van der Waals surface area contributed by atoms with E-state index in [-0.39, 0.29) is 5.69 Å². The molecule has 3 rings (SSSR count). The van der Waals surface area contributed by atoms with Gasteiger partial charge in [-0.05, 0) is 24.3 Å². The third kappa shape index (κ3) is 3.23. The minimum absolute atomic E-state index is 0.130. The van der Waals surface area contributed by atoms with Gasteiger partial charge in [0.05, 0.1) is 17.1 Å². The Morgan fingerprint density at radius 3 is 2.88 bits per heavy atom. The molecule has 1 aromatic heterocycles. The van der Waals surface area contributed by atoms with Crippen molar-refractivity contribution in [1.82, 2.24) is 10.2 Å². The van der Waals surface area contributed by atoms with Gasteiger partial charge in [-0.15, -0.1) is 0 Å². The Hall–Kier alpha value is -3.66. The summed E-state index contributed by atoms with van der Waals surface area (Å²) in [5, 5.41) is 18.7. The number of amides is 1. The van der Waals surface area contributed by atoms with Gasteiger partial charge in [-0.3, -0.25) is 9.89 Å². The van der Waals surface area contributed by atoms with Crippen LogP contribution in [-0.2, 0) is 9.53 Å². The van der Waals surface area contributed by atoms with Crippen LogP contribution in [0.2, 0.25) is 0 Å². The number of nitriles is 1. The standard InChI is InChI=1S/C17H12N4O3/c18-9-11-4-3-5-12(8-11)19-15(22)10-24-17(23)16-13-6-1-2-7-14(13)20-21-16/h1-8H,10H2,(H,19,22)(H,20,21). The van der Waals surface area contributed by atoms with E-state index in [1.54, 1.807) is 36.4 Å². The van der Waals surface area contributed by atoms with Crippen molar-refractivity contribution in [3.63, 3.8) is 0 Å². The molecule has 0 atom stereocenters. The molecule has 2 aromatic carbocycles. The topological polar surface area (TPSA) is 108 Å². The minimum atomic E-state index is -0.687. The zero-order chi connectivity index (χ0) is 16.9. The number of ether oxygens (including phenoxy) is 1. The highest BCUT2D eigenvalue weighted by molar-refractivity contribution is 6.03.